The monoisotopic (exact) mass is 209 g/mol. The molecule has 0 amide bonds. The highest BCUT2D eigenvalue weighted by atomic mass is 35.5. The zero-order valence-electron chi connectivity index (χ0n) is 8.36. The molecule has 2 bridgehead atoms. The minimum absolute atomic E-state index is 0. The van der Waals surface area contributed by atoms with Crippen LogP contribution in [-0.2, 0) is 0 Å². The first-order chi connectivity index (χ1) is 6.36. The Kier molecular flexibility index (Phi) is 2.54. The summed E-state index contributed by atoms with van der Waals surface area (Å²) >= 11 is 0. The zero-order valence-corrected chi connectivity index (χ0v) is 9.18. The molecule has 1 nitrogen and oxygen atoms in total. The first-order valence-electron chi connectivity index (χ1n) is 5.21. The van der Waals surface area contributed by atoms with Gasteiger partial charge in [0.2, 0.25) is 0 Å². The van der Waals surface area contributed by atoms with Crippen LogP contribution in [0.5, 0.6) is 0 Å². The average molecular weight is 210 g/mol. The summed E-state index contributed by atoms with van der Waals surface area (Å²) in [6.45, 7) is 2.36. The van der Waals surface area contributed by atoms with Crippen LogP contribution in [0.3, 0.4) is 0 Å². The third-order valence-electron chi connectivity index (χ3n) is 3.57. The van der Waals surface area contributed by atoms with Gasteiger partial charge in [-0.1, -0.05) is 31.2 Å². The molecule has 2 aliphatic heterocycles. The Bertz CT molecular complexity index is 337. The highest BCUT2D eigenvalue weighted by Crippen LogP contribution is 2.45. The maximum atomic E-state index is 3.71. The number of fused-ring (bicyclic) bond motifs is 5. The van der Waals surface area contributed by atoms with Crippen molar-refractivity contribution in [2.24, 2.45) is 5.92 Å². The van der Waals surface area contributed by atoms with E-state index < -0.39 is 0 Å². The lowest BCUT2D eigenvalue weighted by Gasteiger charge is -2.27. The van der Waals surface area contributed by atoms with Gasteiger partial charge in [0.15, 0.2) is 0 Å². The molecule has 0 radical (unpaired) electrons. The van der Waals surface area contributed by atoms with Gasteiger partial charge in [-0.25, -0.2) is 0 Å². The van der Waals surface area contributed by atoms with Gasteiger partial charge in [0, 0.05) is 12.1 Å². The van der Waals surface area contributed by atoms with Crippen LogP contribution < -0.4 is 5.32 Å². The molecule has 76 valence electrons. The largest absolute Gasteiger partial charge is 0.303 e. The van der Waals surface area contributed by atoms with Crippen molar-refractivity contribution in [2.75, 3.05) is 0 Å². The van der Waals surface area contributed by atoms with E-state index in [4.69, 9.17) is 0 Å². The van der Waals surface area contributed by atoms with Gasteiger partial charge < -0.3 is 5.32 Å². The smallest absolute Gasteiger partial charge is 0.0354 e. The third-order valence-corrected chi connectivity index (χ3v) is 3.57. The molecular formula is C12H16ClN. The van der Waals surface area contributed by atoms with E-state index in [1.165, 1.54) is 12.8 Å². The second kappa shape index (κ2) is 3.56. The number of benzene rings is 1. The van der Waals surface area contributed by atoms with Gasteiger partial charge in [0.25, 0.3) is 0 Å². The summed E-state index contributed by atoms with van der Waals surface area (Å²) in [5.74, 6) is 0.805. The summed E-state index contributed by atoms with van der Waals surface area (Å²) in [6, 6.07) is 10.2. The first-order valence-corrected chi connectivity index (χ1v) is 5.21. The van der Waals surface area contributed by atoms with Crippen molar-refractivity contribution in [3.63, 3.8) is 0 Å². The summed E-state index contributed by atoms with van der Waals surface area (Å²) in [6.07, 6.45) is 2.69. The van der Waals surface area contributed by atoms with E-state index in [-0.39, 0.29) is 12.4 Å². The molecule has 3 rings (SSSR count). The van der Waals surface area contributed by atoms with Crippen LogP contribution in [-0.4, -0.2) is 0 Å². The van der Waals surface area contributed by atoms with Gasteiger partial charge in [0.05, 0.1) is 0 Å². The lowest BCUT2D eigenvalue weighted by atomic mass is 9.92. The molecule has 2 heterocycles. The van der Waals surface area contributed by atoms with Crippen LogP contribution in [0.4, 0.5) is 0 Å². The van der Waals surface area contributed by atoms with Crippen molar-refractivity contribution in [3.05, 3.63) is 35.4 Å². The number of halogens is 1. The van der Waals surface area contributed by atoms with Crippen molar-refractivity contribution in [1.29, 1.82) is 0 Å². The molecule has 0 aliphatic carbocycles. The van der Waals surface area contributed by atoms with Crippen molar-refractivity contribution in [2.45, 2.75) is 31.8 Å². The Morgan fingerprint density at radius 2 is 1.86 bits per heavy atom. The van der Waals surface area contributed by atoms with Gasteiger partial charge in [0.1, 0.15) is 0 Å². The first kappa shape index (κ1) is 10.0. The third kappa shape index (κ3) is 1.27. The number of piperidine rings is 1. The van der Waals surface area contributed by atoms with Crippen LogP contribution in [0.1, 0.15) is 43.0 Å². The van der Waals surface area contributed by atoms with Crippen LogP contribution in [0.15, 0.2) is 24.3 Å². The van der Waals surface area contributed by atoms with E-state index in [0.29, 0.717) is 12.1 Å². The fourth-order valence-corrected chi connectivity index (χ4v) is 2.81. The van der Waals surface area contributed by atoms with Crippen LogP contribution in [0, 0.1) is 5.92 Å². The number of hydrogen-bond acceptors (Lipinski definition) is 1. The number of hydrogen-bond donors (Lipinski definition) is 1. The fraction of sp³-hybridized carbons (Fsp3) is 0.500. The molecule has 1 saturated heterocycles. The second-order valence-electron chi connectivity index (χ2n) is 4.38. The summed E-state index contributed by atoms with van der Waals surface area (Å²) in [7, 11) is 0. The molecule has 2 aliphatic rings. The van der Waals surface area contributed by atoms with Gasteiger partial charge in [-0.05, 0) is 29.9 Å². The zero-order chi connectivity index (χ0) is 8.84. The SMILES string of the molecule is C[C@@H]1CCC2NC1c1ccccc12.Cl. The topological polar surface area (TPSA) is 12.0 Å². The van der Waals surface area contributed by atoms with Crippen LogP contribution in [0.2, 0.25) is 0 Å². The molecule has 1 N–H and O–H groups in total. The van der Waals surface area contributed by atoms with Crippen molar-refractivity contribution in [1.82, 2.24) is 5.32 Å². The number of nitrogens with one attached hydrogen (secondary N) is 1. The molecule has 3 atom stereocenters. The minimum atomic E-state index is 0. The Labute approximate surface area is 91.3 Å². The van der Waals surface area contributed by atoms with Crippen molar-refractivity contribution in [3.8, 4) is 0 Å². The Morgan fingerprint density at radius 3 is 2.64 bits per heavy atom. The lowest BCUT2D eigenvalue weighted by Crippen LogP contribution is -2.28. The molecule has 2 heteroatoms. The molecular weight excluding hydrogens is 194 g/mol. The summed E-state index contributed by atoms with van der Waals surface area (Å²) in [5.41, 5.74) is 3.11. The summed E-state index contributed by atoms with van der Waals surface area (Å²) in [5, 5.41) is 3.71. The van der Waals surface area contributed by atoms with E-state index in [2.05, 4.69) is 36.5 Å². The minimum Gasteiger partial charge on any atom is -0.303 e. The lowest BCUT2D eigenvalue weighted by molar-refractivity contribution is 0.281. The highest BCUT2D eigenvalue weighted by Gasteiger charge is 2.36. The Balaban J connectivity index is 0.000000750. The van der Waals surface area contributed by atoms with Crippen molar-refractivity contribution < 1.29 is 0 Å². The number of rotatable bonds is 0. The van der Waals surface area contributed by atoms with E-state index >= 15 is 0 Å². The quantitative estimate of drug-likeness (QED) is 0.692. The maximum absolute atomic E-state index is 3.71. The van der Waals surface area contributed by atoms with Crippen LogP contribution >= 0.6 is 12.4 Å². The van der Waals surface area contributed by atoms with E-state index in [9.17, 15) is 0 Å². The standard InChI is InChI=1S/C12H15N.ClH/c1-8-6-7-11-9-4-2-3-5-10(9)12(8)13-11;/h2-5,8,11-13H,6-7H2,1H3;1H/t8-,11?,12?;/m1./s1. The van der Waals surface area contributed by atoms with Gasteiger partial charge in [-0.3, -0.25) is 0 Å². The Morgan fingerprint density at radius 1 is 1.14 bits per heavy atom. The highest BCUT2D eigenvalue weighted by molar-refractivity contribution is 5.85. The molecule has 2 unspecified atom stereocenters. The molecule has 1 aromatic carbocycles. The second-order valence-corrected chi connectivity index (χ2v) is 4.38. The molecule has 1 fully saturated rings. The normalized spacial score (nSPS) is 33.4. The summed E-state index contributed by atoms with van der Waals surface area (Å²) in [4.78, 5) is 0. The fourth-order valence-electron chi connectivity index (χ4n) is 2.81. The van der Waals surface area contributed by atoms with E-state index in [1.807, 2.05) is 0 Å². The average Bonchev–Trinajstić information content (AvgIpc) is 2.48. The predicted molar refractivity (Wildman–Crippen MR) is 60.7 cm³/mol. The van der Waals surface area contributed by atoms with Gasteiger partial charge in [-0.2, -0.15) is 0 Å². The molecule has 0 saturated carbocycles. The van der Waals surface area contributed by atoms with Gasteiger partial charge >= 0.3 is 0 Å². The molecule has 0 spiro atoms. The Hall–Kier alpha value is -0.530. The molecule has 0 aromatic heterocycles. The summed E-state index contributed by atoms with van der Waals surface area (Å²) < 4.78 is 0. The van der Waals surface area contributed by atoms with E-state index in [1.54, 1.807) is 11.1 Å². The van der Waals surface area contributed by atoms with Gasteiger partial charge in [-0.15, -0.1) is 12.4 Å². The predicted octanol–water partition coefficient (Wildman–Crippen LogP) is 3.22. The van der Waals surface area contributed by atoms with E-state index in [0.717, 1.165) is 5.92 Å². The van der Waals surface area contributed by atoms with Crippen LogP contribution in [0.25, 0.3) is 0 Å². The molecule has 14 heavy (non-hydrogen) atoms. The molecule has 1 aromatic rings. The maximum Gasteiger partial charge on any atom is 0.0354 e. The van der Waals surface area contributed by atoms with Crippen molar-refractivity contribution >= 4 is 12.4 Å².